The molecule has 0 radical (unpaired) electrons. The lowest BCUT2D eigenvalue weighted by Gasteiger charge is -2.60. The SMILES string of the molecule is COc1ccc(CCNC(=O)CCC(=O)OCC(=O)[C@@]2(O)CC[C@@H]3[C@@H]4CCC5=CC(=O)CC[C@]5(C)[C@@H]4[C@@H](O)C[C@@]32C)cc1. The topological polar surface area (TPSA) is 139 Å². The van der Waals surface area contributed by atoms with Crippen LogP contribution in [0.2, 0.25) is 0 Å². The van der Waals surface area contributed by atoms with Crippen molar-refractivity contribution in [2.45, 2.75) is 89.8 Å². The number of rotatable bonds is 10. The number of fused-ring (bicyclic) bond motifs is 5. The predicted molar refractivity (Wildman–Crippen MR) is 158 cm³/mol. The number of carbonyl (C=O) groups excluding carboxylic acids is 4. The standard InChI is InChI=1S/C34H45NO8/c1-32-15-12-23(36)18-22(32)6-9-25-26-13-16-34(41,33(26,2)19-27(37)31(25)32)28(38)20-43-30(40)11-10-29(39)35-17-14-21-4-7-24(42-3)8-5-21/h4-5,7-8,18,25-27,31,37,41H,6,9-17,19-20H2,1-3H3,(H,35,39)/t25-,26+,27-,31-,32-,33-,34-/m0/s1. The highest BCUT2D eigenvalue weighted by molar-refractivity contribution is 5.92. The van der Waals surface area contributed by atoms with E-state index in [2.05, 4.69) is 12.2 Å². The third-order valence-electron chi connectivity index (χ3n) is 11.3. The highest BCUT2D eigenvalue weighted by Crippen LogP contribution is 2.67. The van der Waals surface area contributed by atoms with E-state index in [-0.39, 0.29) is 60.5 Å². The van der Waals surface area contributed by atoms with Gasteiger partial charge in [-0.3, -0.25) is 19.2 Å². The van der Waals surface area contributed by atoms with Crippen molar-refractivity contribution < 1.29 is 38.9 Å². The van der Waals surface area contributed by atoms with Gasteiger partial charge in [-0.15, -0.1) is 0 Å². The van der Waals surface area contributed by atoms with Crippen molar-refractivity contribution in [1.82, 2.24) is 5.32 Å². The van der Waals surface area contributed by atoms with Gasteiger partial charge in [-0.1, -0.05) is 31.6 Å². The number of ketones is 2. The van der Waals surface area contributed by atoms with Crippen LogP contribution in [0, 0.1) is 28.6 Å². The largest absolute Gasteiger partial charge is 0.497 e. The summed E-state index contributed by atoms with van der Waals surface area (Å²) in [5, 5.41) is 26.1. The number of Topliss-reactive ketones (excluding diaryl/α,β-unsaturated/α-hetero) is 1. The first-order valence-electron chi connectivity index (χ1n) is 15.6. The molecule has 0 aromatic heterocycles. The minimum atomic E-state index is -1.71. The summed E-state index contributed by atoms with van der Waals surface area (Å²) in [4.78, 5) is 50.2. The zero-order valence-corrected chi connectivity index (χ0v) is 25.5. The molecule has 4 aliphatic carbocycles. The van der Waals surface area contributed by atoms with Gasteiger partial charge in [-0.2, -0.15) is 0 Å². The molecule has 1 aromatic rings. The third kappa shape index (κ3) is 5.78. The van der Waals surface area contributed by atoms with E-state index in [0.717, 1.165) is 36.1 Å². The summed E-state index contributed by atoms with van der Waals surface area (Å²) in [5.41, 5.74) is -0.620. The van der Waals surface area contributed by atoms with Crippen molar-refractivity contribution >= 4 is 23.4 Å². The van der Waals surface area contributed by atoms with E-state index in [4.69, 9.17) is 9.47 Å². The number of aliphatic hydroxyl groups is 2. The molecule has 0 heterocycles. The Morgan fingerprint density at radius 3 is 2.51 bits per heavy atom. The average molecular weight is 596 g/mol. The lowest BCUT2D eigenvalue weighted by atomic mass is 9.45. The van der Waals surface area contributed by atoms with Crippen LogP contribution in [-0.2, 0) is 30.3 Å². The molecule has 234 valence electrons. The van der Waals surface area contributed by atoms with Gasteiger partial charge in [0, 0.05) is 24.8 Å². The normalized spacial score (nSPS) is 34.7. The Hall–Kier alpha value is -3.04. The van der Waals surface area contributed by atoms with Crippen LogP contribution in [0.25, 0.3) is 0 Å². The molecule has 43 heavy (non-hydrogen) atoms. The molecule has 1 amide bonds. The molecule has 9 heteroatoms. The Kier molecular flexibility index (Phi) is 8.87. The maximum Gasteiger partial charge on any atom is 0.306 e. The quantitative estimate of drug-likeness (QED) is 0.350. The number of ether oxygens (including phenoxy) is 2. The van der Waals surface area contributed by atoms with Crippen LogP contribution in [0.15, 0.2) is 35.9 Å². The highest BCUT2D eigenvalue weighted by Gasteiger charge is 2.68. The highest BCUT2D eigenvalue weighted by atomic mass is 16.5. The number of hydrogen-bond acceptors (Lipinski definition) is 8. The first-order chi connectivity index (χ1) is 20.4. The first kappa shape index (κ1) is 31.4. The van der Waals surface area contributed by atoms with E-state index in [1.807, 2.05) is 31.2 Å². The molecule has 4 aliphatic rings. The number of amides is 1. The molecule has 1 aromatic carbocycles. The van der Waals surface area contributed by atoms with Crippen LogP contribution in [0.1, 0.15) is 77.2 Å². The number of aliphatic hydroxyl groups excluding tert-OH is 1. The van der Waals surface area contributed by atoms with Crippen LogP contribution >= 0.6 is 0 Å². The maximum absolute atomic E-state index is 13.4. The first-order valence-corrected chi connectivity index (χ1v) is 15.6. The van der Waals surface area contributed by atoms with Crippen molar-refractivity contribution in [3.8, 4) is 5.75 Å². The lowest BCUT2D eigenvalue weighted by Crippen LogP contribution is -2.62. The molecule has 7 atom stereocenters. The van der Waals surface area contributed by atoms with Crippen LogP contribution in [-0.4, -0.2) is 65.6 Å². The fraction of sp³-hybridized carbons (Fsp3) is 0.647. The molecule has 0 aliphatic heterocycles. The molecule has 3 N–H and O–H groups in total. The van der Waals surface area contributed by atoms with Gasteiger partial charge < -0.3 is 25.0 Å². The van der Waals surface area contributed by atoms with Gasteiger partial charge in [0.15, 0.2) is 12.4 Å². The van der Waals surface area contributed by atoms with Crippen LogP contribution in [0.5, 0.6) is 5.75 Å². The summed E-state index contributed by atoms with van der Waals surface area (Å²) < 4.78 is 10.4. The van der Waals surface area contributed by atoms with Crippen molar-refractivity contribution in [1.29, 1.82) is 0 Å². The monoisotopic (exact) mass is 595 g/mol. The van der Waals surface area contributed by atoms with Gasteiger partial charge in [0.1, 0.15) is 11.4 Å². The van der Waals surface area contributed by atoms with Gasteiger partial charge >= 0.3 is 5.97 Å². The second-order valence-electron chi connectivity index (χ2n) is 13.5. The Balaban J connectivity index is 1.12. The average Bonchev–Trinajstić information content (AvgIpc) is 3.25. The molecule has 3 fully saturated rings. The molecular formula is C34H45NO8. The van der Waals surface area contributed by atoms with Crippen LogP contribution in [0.4, 0.5) is 0 Å². The summed E-state index contributed by atoms with van der Waals surface area (Å²) in [5.74, 6) is -0.424. The number of hydrogen-bond donors (Lipinski definition) is 3. The van der Waals surface area contributed by atoms with Crippen LogP contribution in [0.3, 0.4) is 0 Å². The predicted octanol–water partition coefficient (Wildman–Crippen LogP) is 3.48. The Bertz CT molecular complexity index is 1290. The van der Waals surface area contributed by atoms with Gasteiger partial charge in [-0.25, -0.2) is 0 Å². The van der Waals surface area contributed by atoms with Crippen molar-refractivity contribution in [2.24, 2.45) is 28.6 Å². The number of benzene rings is 1. The van der Waals surface area contributed by atoms with E-state index >= 15 is 0 Å². The van der Waals surface area contributed by atoms with E-state index in [1.165, 1.54) is 0 Å². The number of esters is 1. The van der Waals surface area contributed by atoms with Gasteiger partial charge in [0.25, 0.3) is 0 Å². The number of allylic oxidation sites excluding steroid dienone is 1. The second-order valence-corrected chi connectivity index (χ2v) is 13.5. The molecule has 0 bridgehead atoms. The molecule has 3 saturated carbocycles. The Labute approximate surface area is 253 Å². The zero-order valence-electron chi connectivity index (χ0n) is 25.5. The minimum absolute atomic E-state index is 0.0173. The fourth-order valence-corrected chi connectivity index (χ4v) is 8.93. The van der Waals surface area contributed by atoms with Crippen LogP contribution < -0.4 is 10.1 Å². The van der Waals surface area contributed by atoms with Gasteiger partial charge in [0.2, 0.25) is 11.7 Å². The van der Waals surface area contributed by atoms with Crippen molar-refractivity contribution in [3.63, 3.8) is 0 Å². The summed E-state index contributed by atoms with van der Waals surface area (Å²) in [6, 6.07) is 7.56. The number of nitrogens with one attached hydrogen (secondary N) is 1. The molecule has 9 nitrogen and oxygen atoms in total. The molecule has 0 unspecified atom stereocenters. The third-order valence-corrected chi connectivity index (χ3v) is 11.3. The summed E-state index contributed by atoms with van der Waals surface area (Å²) in [7, 11) is 1.60. The lowest BCUT2D eigenvalue weighted by molar-refractivity contribution is -0.184. The van der Waals surface area contributed by atoms with Crippen molar-refractivity contribution in [3.05, 3.63) is 41.5 Å². The zero-order chi connectivity index (χ0) is 31.0. The van der Waals surface area contributed by atoms with Gasteiger partial charge in [0.05, 0.1) is 19.6 Å². The summed E-state index contributed by atoms with van der Waals surface area (Å²) in [6.45, 7) is 3.93. The molecular weight excluding hydrogens is 550 g/mol. The minimum Gasteiger partial charge on any atom is -0.497 e. The van der Waals surface area contributed by atoms with Gasteiger partial charge in [-0.05, 0) is 91.9 Å². The molecule has 5 rings (SSSR count). The van der Waals surface area contributed by atoms with E-state index in [9.17, 15) is 29.4 Å². The number of methoxy groups -OCH3 is 1. The molecule has 0 saturated heterocycles. The fourth-order valence-electron chi connectivity index (χ4n) is 8.93. The van der Waals surface area contributed by atoms with E-state index in [0.29, 0.717) is 25.8 Å². The van der Waals surface area contributed by atoms with E-state index in [1.54, 1.807) is 13.2 Å². The Morgan fingerprint density at radius 2 is 1.79 bits per heavy atom. The van der Waals surface area contributed by atoms with Crippen molar-refractivity contribution in [2.75, 3.05) is 20.3 Å². The smallest absolute Gasteiger partial charge is 0.306 e. The summed E-state index contributed by atoms with van der Waals surface area (Å²) >= 11 is 0. The number of carbonyl (C=O) groups is 4. The van der Waals surface area contributed by atoms with E-state index < -0.39 is 35.5 Å². The second kappa shape index (κ2) is 12.2. The summed E-state index contributed by atoms with van der Waals surface area (Å²) in [6.07, 6.45) is 5.50. The Morgan fingerprint density at radius 1 is 1.05 bits per heavy atom. The maximum atomic E-state index is 13.4. The molecule has 0 spiro atoms.